The van der Waals surface area contributed by atoms with Crippen molar-refractivity contribution < 1.29 is 4.79 Å². The Balaban J connectivity index is 1.86. The van der Waals surface area contributed by atoms with Crippen LogP contribution in [0.15, 0.2) is 59.2 Å². The largest absolute Gasteiger partial charge is 0.350 e. The van der Waals surface area contributed by atoms with E-state index in [0.717, 1.165) is 21.1 Å². The van der Waals surface area contributed by atoms with E-state index in [0.29, 0.717) is 5.56 Å². The molecule has 3 nitrogen and oxygen atoms in total. The van der Waals surface area contributed by atoms with Gasteiger partial charge in [0.05, 0.1) is 0 Å². The molecule has 1 heterocycles. The molecule has 3 aromatic rings. The van der Waals surface area contributed by atoms with Crippen LogP contribution in [0.5, 0.6) is 0 Å². The lowest BCUT2D eigenvalue weighted by atomic mass is 10.2. The molecule has 20 heavy (non-hydrogen) atoms. The summed E-state index contributed by atoms with van der Waals surface area (Å²) in [7, 11) is 1.99. The molecule has 0 atom stereocenters. The molecule has 1 N–H and O–H groups in total. The second-order valence-corrected chi connectivity index (χ2v) is 5.58. The van der Waals surface area contributed by atoms with Crippen LogP contribution in [0.25, 0.3) is 10.9 Å². The fourth-order valence-corrected chi connectivity index (χ4v) is 2.41. The summed E-state index contributed by atoms with van der Waals surface area (Å²) in [5.74, 6) is -0.106. The second kappa shape index (κ2) is 5.13. The molecule has 1 aromatic heterocycles. The van der Waals surface area contributed by atoms with Crippen molar-refractivity contribution in [3.63, 3.8) is 0 Å². The monoisotopic (exact) mass is 328 g/mol. The Labute approximate surface area is 125 Å². The molecule has 0 spiro atoms. The molecule has 1 amide bonds. The normalized spacial score (nSPS) is 10.7. The van der Waals surface area contributed by atoms with Gasteiger partial charge in [-0.15, -0.1) is 0 Å². The van der Waals surface area contributed by atoms with Gasteiger partial charge in [-0.25, -0.2) is 0 Å². The molecule has 0 unspecified atom stereocenters. The quantitative estimate of drug-likeness (QED) is 0.751. The smallest absolute Gasteiger partial charge is 0.255 e. The van der Waals surface area contributed by atoms with E-state index in [4.69, 9.17) is 0 Å². The third kappa shape index (κ3) is 2.47. The van der Waals surface area contributed by atoms with Crippen LogP contribution < -0.4 is 5.32 Å². The zero-order valence-electron chi connectivity index (χ0n) is 10.9. The number of benzene rings is 2. The number of nitrogens with zero attached hydrogens (tertiary/aromatic N) is 1. The molecule has 4 heteroatoms. The maximum Gasteiger partial charge on any atom is 0.255 e. The Bertz CT molecular complexity index is 775. The first kappa shape index (κ1) is 12.9. The number of anilines is 1. The van der Waals surface area contributed by atoms with E-state index in [1.54, 1.807) is 12.1 Å². The van der Waals surface area contributed by atoms with E-state index < -0.39 is 0 Å². The first-order valence-corrected chi connectivity index (χ1v) is 7.05. The lowest BCUT2D eigenvalue weighted by molar-refractivity contribution is 0.102. The molecule has 0 radical (unpaired) electrons. The predicted molar refractivity (Wildman–Crippen MR) is 85.0 cm³/mol. The van der Waals surface area contributed by atoms with Crippen LogP contribution in [0.2, 0.25) is 0 Å². The Morgan fingerprint density at radius 3 is 2.60 bits per heavy atom. The molecule has 0 fully saturated rings. The van der Waals surface area contributed by atoms with Gasteiger partial charge in [-0.1, -0.05) is 22.0 Å². The summed E-state index contributed by atoms with van der Waals surface area (Å²) in [6.45, 7) is 0. The molecule has 100 valence electrons. The van der Waals surface area contributed by atoms with Crippen molar-refractivity contribution in [1.82, 2.24) is 4.57 Å². The SMILES string of the molecule is Cn1ccc2ccc(NC(=O)c3ccc(Br)cc3)cc21. The summed E-state index contributed by atoms with van der Waals surface area (Å²) in [6, 6.07) is 15.2. The topological polar surface area (TPSA) is 34.0 Å². The fraction of sp³-hybridized carbons (Fsp3) is 0.0625. The van der Waals surface area contributed by atoms with Crippen molar-refractivity contribution in [1.29, 1.82) is 0 Å². The van der Waals surface area contributed by atoms with Crippen molar-refractivity contribution in [3.05, 3.63) is 64.8 Å². The Hall–Kier alpha value is -2.07. The number of hydrogen-bond donors (Lipinski definition) is 1. The fourth-order valence-electron chi connectivity index (χ4n) is 2.14. The van der Waals surface area contributed by atoms with Crippen LogP contribution in [0.1, 0.15) is 10.4 Å². The van der Waals surface area contributed by atoms with Crippen molar-refractivity contribution in [2.45, 2.75) is 0 Å². The Kier molecular flexibility index (Phi) is 3.32. The highest BCUT2D eigenvalue weighted by molar-refractivity contribution is 9.10. The van der Waals surface area contributed by atoms with Crippen LogP contribution in [0, 0.1) is 0 Å². The second-order valence-electron chi connectivity index (χ2n) is 4.66. The van der Waals surface area contributed by atoms with Gasteiger partial charge < -0.3 is 9.88 Å². The van der Waals surface area contributed by atoms with Crippen molar-refractivity contribution in [2.24, 2.45) is 7.05 Å². The van der Waals surface area contributed by atoms with Gasteiger partial charge in [-0.05, 0) is 47.9 Å². The molecule has 0 saturated carbocycles. The first-order valence-electron chi connectivity index (χ1n) is 6.25. The van der Waals surface area contributed by atoms with Gasteiger partial charge >= 0.3 is 0 Å². The van der Waals surface area contributed by atoms with E-state index in [1.807, 2.05) is 48.1 Å². The lowest BCUT2D eigenvalue weighted by Crippen LogP contribution is -2.11. The zero-order valence-corrected chi connectivity index (χ0v) is 12.5. The van der Waals surface area contributed by atoms with Crippen LogP contribution in [0.4, 0.5) is 5.69 Å². The van der Waals surface area contributed by atoms with E-state index in [-0.39, 0.29) is 5.91 Å². The number of carbonyl (C=O) groups is 1. The summed E-state index contributed by atoms with van der Waals surface area (Å²) >= 11 is 3.36. The number of aromatic nitrogens is 1. The van der Waals surface area contributed by atoms with Crippen molar-refractivity contribution in [2.75, 3.05) is 5.32 Å². The van der Waals surface area contributed by atoms with Gasteiger partial charge in [-0.3, -0.25) is 4.79 Å². The molecule has 0 aliphatic carbocycles. The minimum absolute atomic E-state index is 0.106. The highest BCUT2D eigenvalue weighted by Gasteiger charge is 2.07. The number of halogens is 1. The van der Waals surface area contributed by atoms with E-state index in [9.17, 15) is 4.79 Å². The maximum atomic E-state index is 12.2. The van der Waals surface area contributed by atoms with Crippen molar-refractivity contribution in [3.8, 4) is 0 Å². The van der Waals surface area contributed by atoms with E-state index in [1.165, 1.54) is 0 Å². The van der Waals surface area contributed by atoms with E-state index >= 15 is 0 Å². The molecule has 0 saturated heterocycles. The molecular weight excluding hydrogens is 316 g/mol. The van der Waals surface area contributed by atoms with Gasteiger partial charge in [-0.2, -0.15) is 0 Å². The number of nitrogens with one attached hydrogen (secondary N) is 1. The molecule has 3 rings (SSSR count). The van der Waals surface area contributed by atoms with Crippen LogP contribution in [-0.2, 0) is 7.05 Å². The third-order valence-corrected chi connectivity index (χ3v) is 3.78. The predicted octanol–water partition coefficient (Wildman–Crippen LogP) is 4.19. The first-order chi connectivity index (χ1) is 9.63. The average Bonchev–Trinajstić information content (AvgIpc) is 2.81. The maximum absolute atomic E-state index is 12.2. The molecule has 0 aliphatic heterocycles. The average molecular weight is 329 g/mol. The summed E-state index contributed by atoms with van der Waals surface area (Å²) in [4.78, 5) is 12.2. The van der Waals surface area contributed by atoms with Gasteiger partial charge in [0.15, 0.2) is 0 Å². The third-order valence-electron chi connectivity index (χ3n) is 3.25. The van der Waals surface area contributed by atoms with Crippen LogP contribution in [-0.4, -0.2) is 10.5 Å². The lowest BCUT2D eigenvalue weighted by Gasteiger charge is -2.06. The minimum Gasteiger partial charge on any atom is -0.350 e. The van der Waals surface area contributed by atoms with E-state index in [2.05, 4.69) is 27.3 Å². The van der Waals surface area contributed by atoms with Crippen molar-refractivity contribution >= 4 is 38.4 Å². The van der Waals surface area contributed by atoms with Gasteiger partial charge in [0.2, 0.25) is 0 Å². The van der Waals surface area contributed by atoms with Crippen LogP contribution in [0.3, 0.4) is 0 Å². The van der Waals surface area contributed by atoms with Gasteiger partial charge in [0.1, 0.15) is 0 Å². The summed E-state index contributed by atoms with van der Waals surface area (Å²) in [6.07, 6.45) is 2.00. The number of rotatable bonds is 2. The highest BCUT2D eigenvalue weighted by Crippen LogP contribution is 2.20. The summed E-state index contributed by atoms with van der Waals surface area (Å²) < 4.78 is 2.99. The number of aryl methyl sites for hydroxylation is 1. The Morgan fingerprint density at radius 2 is 1.85 bits per heavy atom. The molecule has 0 bridgehead atoms. The summed E-state index contributed by atoms with van der Waals surface area (Å²) in [5.41, 5.74) is 2.53. The number of amides is 1. The van der Waals surface area contributed by atoms with Crippen LogP contribution >= 0.6 is 15.9 Å². The number of carbonyl (C=O) groups excluding carboxylic acids is 1. The minimum atomic E-state index is -0.106. The number of hydrogen-bond acceptors (Lipinski definition) is 1. The highest BCUT2D eigenvalue weighted by atomic mass is 79.9. The molecule has 2 aromatic carbocycles. The van der Waals surface area contributed by atoms with Gasteiger partial charge in [0.25, 0.3) is 5.91 Å². The zero-order chi connectivity index (χ0) is 14.1. The molecule has 0 aliphatic rings. The Morgan fingerprint density at radius 1 is 1.10 bits per heavy atom. The standard InChI is InChI=1S/C16H13BrN2O/c1-19-9-8-11-4-7-14(10-15(11)19)18-16(20)12-2-5-13(17)6-3-12/h2-10H,1H3,(H,18,20). The summed E-state index contributed by atoms with van der Waals surface area (Å²) in [5, 5.41) is 4.08. The molecular formula is C16H13BrN2O. The van der Waals surface area contributed by atoms with Gasteiger partial charge in [0, 0.05) is 34.5 Å². The number of fused-ring (bicyclic) bond motifs is 1.